The van der Waals surface area contributed by atoms with E-state index < -0.39 is 0 Å². The second-order valence-corrected chi connectivity index (χ2v) is 4.82. The lowest BCUT2D eigenvalue weighted by Gasteiger charge is -2.15. The highest BCUT2D eigenvalue weighted by atomic mass is 35.5. The molecule has 2 aromatic rings. The number of anilines is 1. The Morgan fingerprint density at radius 2 is 1.65 bits per heavy atom. The standard InChI is InChI=1S/C16H10ClNO2/c17-12-7-4-8-13(9-12)18-15(19)10-14(16(18)20)11-5-2-1-3-6-11/h1-10H. The Bertz CT molecular complexity index is 722. The summed E-state index contributed by atoms with van der Waals surface area (Å²) in [4.78, 5) is 25.6. The summed E-state index contributed by atoms with van der Waals surface area (Å²) in [7, 11) is 0. The summed E-state index contributed by atoms with van der Waals surface area (Å²) in [6.45, 7) is 0. The lowest BCUT2D eigenvalue weighted by atomic mass is 10.1. The van der Waals surface area contributed by atoms with Crippen molar-refractivity contribution in [2.24, 2.45) is 0 Å². The quantitative estimate of drug-likeness (QED) is 0.793. The average molecular weight is 284 g/mol. The van der Waals surface area contributed by atoms with E-state index in [0.29, 0.717) is 16.3 Å². The summed E-state index contributed by atoms with van der Waals surface area (Å²) in [5.41, 5.74) is 1.61. The zero-order valence-corrected chi connectivity index (χ0v) is 11.2. The predicted octanol–water partition coefficient (Wildman–Crippen LogP) is 3.30. The van der Waals surface area contributed by atoms with Crippen LogP contribution in [0.25, 0.3) is 5.57 Å². The maximum Gasteiger partial charge on any atom is 0.266 e. The molecule has 1 aliphatic rings. The van der Waals surface area contributed by atoms with Crippen LogP contribution in [0.2, 0.25) is 5.02 Å². The van der Waals surface area contributed by atoms with Crippen molar-refractivity contribution in [1.29, 1.82) is 0 Å². The zero-order valence-electron chi connectivity index (χ0n) is 10.4. The van der Waals surface area contributed by atoms with Crippen LogP contribution in [0.4, 0.5) is 5.69 Å². The largest absolute Gasteiger partial charge is 0.269 e. The molecule has 0 unspecified atom stereocenters. The van der Waals surface area contributed by atoms with Crippen molar-refractivity contribution in [2.75, 3.05) is 4.90 Å². The van der Waals surface area contributed by atoms with Gasteiger partial charge in [-0.05, 0) is 23.8 Å². The molecule has 2 amide bonds. The number of imide groups is 1. The van der Waals surface area contributed by atoms with Gasteiger partial charge in [0.25, 0.3) is 11.8 Å². The Labute approximate surface area is 121 Å². The van der Waals surface area contributed by atoms with Crippen LogP contribution >= 0.6 is 11.6 Å². The number of halogens is 1. The molecule has 1 aliphatic heterocycles. The molecule has 2 aromatic carbocycles. The molecule has 0 aliphatic carbocycles. The van der Waals surface area contributed by atoms with E-state index in [0.717, 1.165) is 10.5 Å². The average Bonchev–Trinajstić information content (AvgIpc) is 2.75. The fourth-order valence-corrected chi connectivity index (χ4v) is 2.34. The molecule has 1 heterocycles. The van der Waals surface area contributed by atoms with Crippen molar-refractivity contribution in [3.8, 4) is 0 Å². The first kappa shape index (κ1) is 12.6. The van der Waals surface area contributed by atoms with Crippen molar-refractivity contribution >= 4 is 34.7 Å². The molecular formula is C16H10ClNO2. The monoisotopic (exact) mass is 283 g/mol. The van der Waals surface area contributed by atoms with Crippen LogP contribution in [0.1, 0.15) is 5.56 Å². The Hall–Kier alpha value is -2.39. The smallest absolute Gasteiger partial charge is 0.266 e. The van der Waals surface area contributed by atoms with E-state index in [4.69, 9.17) is 11.6 Å². The van der Waals surface area contributed by atoms with Gasteiger partial charge in [-0.1, -0.05) is 48.0 Å². The van der Waals surface area contributed by atoms with Crippen LogP contribution in [0.3, 0.4) is 0 Å². The van der Waals surface area contributed by atoms with E-state index in [1.165, 1.54) is 6.08 Å². The van der Waals surface area contributed by atoms with E-state index in [-0.39, 0.29) is 11.8 Å². The molecular weight excluding hydrogens is 274 g/mol. The van der Waals surface area contributed by atoms with Crippen molar-refractivity contribution < 1.29 is 9.59 Å². The molecule has 4 heteroatoms. The van der Waals surface area contributed by atoms with Gasteiger partial charge in [-0.2, -0.15) is 0 Å². The lowest BCUT2D eigenvalue weighted by Crippen LogP contribution is -2.30. The molecule has 0 radical (unpaired) electrons. The van der Waals surface area contributed by atoms with Crippen LogP contribution in [0, 0.1) is 0 Å². The van der Waals surface area contributed by atoms with Gasteiger partial charge in [-0.15, -0.1) is 0 Å². The second-order valence-electron chi connectivity index (χ2n) is 4.38. The number of carbonyl (C=O) groups is 2. The number of nitrogens with zero attached hydrogens (tertiary/aromatic N) is 1. The van der Waals surface area contributed by atoms with Gasteiger partial charge in [0.15, 0.2) is 0 Å². The SMILES string of the molecule is O=C1C=C(c2ccccc2)C(=O)N1c1cccc(Cl)c1. The van der Waals surface area contributed by atoms with Crippen LogP contribution in [-0.4, -0.2) is 11.8 Å². The molecule has 0 atom stereocenters. The highest BCUT2D eigenvalue weighted by molar-refractivity contribution is 6.43. The molecule has 20 heavy (non-hydrogen) atoms. The maximum atomic E-state index is 12.4. The fourth-order valence-electron chi connectivity index (χ4n) is 2.15. The van der Waals surface area contributed by atoms with Crippen LogP contribution in [0.5, 0.6) is 0 Å². The number of hydrogen-bond donors (Lipinski definition) is 0. The Balaban J connectivity index is 1.99. The highest BCUT2D eigenvalue weighted by Crippen LogP contribution is 2.29. The third-order valence-corrected chi connectivity index (χ3v) is 3.31. The predicted molar refractivity (Wildman–Crippen MR) is 78.4 cm³/mol. The fraction of sp³-hybridized carbons (Fsp3) is 0. The Morgan fingerprint density at radius 3 is 2.35 bits per heavy atom. The molecule has 0 saturated heterocycles. The van der Waals surface area contributed by atoms with Gasteiger partial charge < -0.3 is 0 Å². The second kappa shape index (κ2) is 4.94. The summed E-state index contributed by atoms with van der Waals surface area (Å²) < 4.78 is 0. The molecule has 3 nitrogen and oxygen atoms in total. The topological polar surface area (TPSA) is 37.4 Å². The molecule has 3 rings (SSSR count). The van der Waals surface area contributed by atoms with Gasteiger partial charge in [-0.25, -0.2) is 4.90 Å². The number of amides is 2. The third kappa shape index (κ3) is 2.12. The van der Waals surface area contributed by atoms with Crippen LogP contribution < -0.4 is 4.90 Å². The normalized spacial score (nSPS) is 14.7. The minimum atomic E-state index is -0.351. The van der Waals surface area contributed by atoms with Crippen molar-refractivity contribution in [2.45, 2.75) is 0 Å². The first-order chi connectivity index (χ1) is 9.66. The summed E-state index contributed by atoms with van der Waals surface area (Å²) in [6.07, 6.45) is 1.36. The third-order valence-electron chi connectivity index (χ3n) is 3.07. The summed E-state index contributed by atoms with van der Waals surface area (Å²) in [5, 5.41) is 0.483. The molecule has 0 N–H and O–H groups in total. The minimum absolute atomic E-state index is 0.330. The van der Waals surface area contributed by atoms with E-state index >= 15 is 0 Å². The molecule has 0 aromatic heterocycles. The molecule has 0 fully saturated rings. The number of rotatable bonds is 2. The van der Waals surface area contributed by atoms with Gasteiger partial charge >= 0.3 is 0 Å². The molecule has 0 spiro atoms. The first-order valence-electron chi connectivity index (χ1n) is 6.08. The molecule has 98 valence electrons. The van der Waals surface area contributed by atoms with E-state index in [9.17, 15) is 9.59 Å². The van der Waals surface area contributed by atoms with Crippen LogP contribution in [0.15, 0.2) is 60.7 Å². The van der Waals surface area contributed by atoms with Crippen molar-refractivity contribution in [3.63, 3.8) is 0 Å². The Morgan fingerprint density at radius 1 is 0.900 bits per heavy atom. The Kier molecular flexibility index (Phi) is 3.12. The molecule has 0 saturated carbocycles. The van der Waals surface area contributed by atoms with Gasteiger partial charge in [0, 0.05) is 11.1 Å². The summed E-state index contributed by atoms with van der Waals surface area (Å²) >= 11 is 5.91. The maximum absolute atomic E-state index is 12.4. The first-order valence-corrected chi connectivity index (χ1v) is 6.46. The number of carbonyl (C=O) groups excluding carboxylic acids is 2. The van der Waals surface area contributed by atoms with E-state index in [2.05, 4.69) is 0 Å². The van der Waals surface area contributed by atoms with Gasteiger partial charge in [0.2, 0.25) is 0 Å². The van der Waals surface area contributed by atoms with Gasteiger partial charge in [0.05, 0.1) is 11.3 Å². The van der Waals surface area contributed by atoms with Gasteiger partial charge in [0.1, 0.15) is 0 Å². The van der Waals surface area contributed by atoms with E-state index in [1.807, 2.05) is 18.2 Å². The summed E-state index contributed by atoms with van der Waals surface area (Å²) in [5.74, 6) is -0.681. The minimum Gasteiger partial charge on any atom is -0.269 e. The highest BCUT2D eigenvalue weighted by Gasteiger charge is 2.32. The lowest BCUT2D eigenvalue weighted by molar-refractivity contribution is -0.119. The number of benzene rings is 2. The molecule has 0 bridgehead atoms. The summed E-state index contributed by atoms with van der Waals surface area (Å²) in [6, 6.07) is 15.8. The van der Waals surface area contributed by atoms with Crippen molar-refractivity contribution in [1.82, 2.24) is 0 Å². The number of hydrogen-bond acceptors (Lipinski definition) is 2. The van der Waals surface area contributed by atoms with Crippen molar-refractivity contribution in [3.05, 3.63) is 71.3 Å². The zero-order chi connectivity index (χ0) is 14.1. The van der Waals surface area contributed by atoms with Crippen LogP contribution in [-0.2, 0) is 9.59 Å². The van der Waals surface area contributed by atoms with Gasteiger partial charge in [-0.3, -0.25) is 9.59 Å². The van der Waals surface area contributed by atoms with E-state index in [1.54, 1.807) is 36.4 Å².